The van der Waals surface area contributed by atoms with Gasteiger partial charge >= 0.3 is 0 Å². The molecule has 4 rings (SSSR count). The van der Waals surface area contributed by atoms with E-state index in [4.69, 9.17) is 9.47 Å². The molecule has 1 aliphatic heterocycles. The highest BCUT2D eigenvalue weighted by Crippen LogP contribution is 2.34. The highest BCUT2D eigenvalue weighted by Gasteiger charge is 2.14. The van der Waals surface area contributed by atoms with Gasteiger partial charge in [0.05, 0.1) is 17.1 Å². The smallest absolute Gasteiger partial charge is 0.235 e. The van der Waals surface area contributed by atoms with E-state index in [1.807, 2.05) is 62.4 Å². The van der Waals surface area contributed by atoms with Crippen molar-refractivity contribution in [2.24, 2.45) is 0 Å². The lowest BCUT2D eigenvalue weighted by Gasteiger charge is -2.18. The number of nitrogens with one attached hydrogen (secondary N) is 1. The topological polar surface area (TPSA) is 65.4 Å². The summed E-state index contributed by atoms with van der Waals surface area (Å²) in [7, 11) is 0. The fourth-order valence-electron chi connectivity index (χ4n) is 2.91. The Bertz CT molecular complexity index is 999. The van der Waals surface area contributed by atoms with Crippen molar-refractivity contribution >= 4 is 23.5 Å². The van der Waals surface area contributed by atoms with Gasteiger partial charge < -0.3 is 14.8 Å². The molecule has 0 saturated heterocycles. The Morgan fingerprint density at radius 2 is 1.82 bits per heavy atom. The Morgan fingerprint density at radius 3 is 2.61 bits per heavy atom. The molecule has 0 atom stereocenters. The van der Waals surface area contributed by atoms with Gasteiger partial charge in [-0.15, -0.1) is 11.8 Å². The first-order chi connectivity index (χ1) is 13.6. The second-order valence-corrected chi connectivity index (χ2v) is 7.61. The zero-order valence-electron chi connectivity index (χ0n) is 15.8. The summed E-state index contributed by atoms with van der Waals surface area (Å²) in [6, 6.07) is 15.6. The van der Waals surface area contributed by atoms with Crippen LogP contribution in [-0.2, 0) is 4.79 Å². The molecule has 0 bridgehead atoms. The van der Waals surface area contributed by atoms with E-state index in [0.717, 1.165) is 27.8 Å². The van der Waals surface area contributed by atoms with Crippen LogP contribution in [0.5, 0.6) is 11.5 Å². The van der Waals surface area contributed by atoms with Crippen LogP contribution >= 0.6 is 11.8 Å². The van der Waals surface area contributed by atoms with Crippen molar-refractivity contribution in [1.29, 1.82) is 0 Å². The SMILES string of the molecule is Cc1ccc(-n2nc(C)cc2NC(=O)CSc2ccc3c(c2)OCCO3)cc1. The van der Waals surface area contributed by atoms with Crippen molar-refractivity contribution in [3.8, 4) is 17.2 Å². The number of fused-ring (bicyclic) bond motifs is 1. The van der Waals surface area contributed by atoms with Gasteiger partial charge in [-0.2, -0.15) is 5.10 Å². The molecule has 0 spiro atoms. The van der Waals surface area contributed by atoms with Gasteiger partial charge in [0.25, 0.3) is 0 Å². The van der Waals surface area contributed by atoms with Crippen LogP contribution in [0.25, 0.3) is 5.69 Å². The van der Waals surface area contributed by atoms with E-state index in [0.29, 0.717) is 19.0 Å². The number of rotatable bonds is 5. The van der Waals surface area contributed by atoms with Crippen molar-refractivity contribution in [1.82, 2.24) is 9.78 Å². The molecule has 1 N–H and O–H groups in total. The zero-order chi connectivity index (χ0) is 19.5. The van der Waals surface area contributed by atoms with E-state index in [2.05, 4.69) is 10.4 Å². The van der Waals surface area contributed by atoms with E-state index in [1.54, 1.807) is 4.68 Å². The second-order valence-electron chi connectivity index (χ2n) is 6.56. The van der Waals surface area contributed by atoms with Crippen molar-refractivity contribution in [2.75, 3.05) is 24.3 Å². The van der Waals surface area contributed by atoms with Crippen molar-refractivity contribution < 1.29 is 14.3 Å². The van der Waals surface area contributed by atoms with Crippen LogP contribution in [0, 0.1) is 13.8 Å². The average Bonchev–Trinajstić information content (AvgIpc) is 3.06. The summed E-state index contributed by atoms with van der Waals surface area (Å²) < 4.78 is 12.9. The van der Waals surface area contributed by atoms with Gasteiger partial charge in [0.1, 0.15) is 19.0 Å². The molecule has 2 aromatic carbocycles. The molecule has 3 aromatic rings. The number of thioether (sulfide) groups is 1. The third kappa shape index (κ3) is 4.14. The van der Waals surface area contributed by atoms with Crippen molar-refractivity contribution in [3.63, 3.8) is 0 Å². The van der Waals surface area contributed by atoms with Crippen molar-refractivity contribution in [3.05, 3.63) is 59.8 Å². The molecule has 0 aliphatic carbocycles. The molecule has 2 heterocycles. The first kappa shape index (κ1) is 18.4. The maximum absolute atomic E-state index is 12.5. The number of aryl methyl sites for hydroxylation is 2. The number of carbonyl (C=O) groups is 1. The highest BCUT2D eigenvalue weighted by molar-refractivity contribution is 8.00. The standard InChI is InChI=1S/C21H21N3O3S/c1-14-3-5-16(6-4-14)24-20(11-15(2)23-24)22-21(25)13-28-17-7-8-18-19(12-17)27-10-9-26-18/h3-8,11-12H,9-10,13H2,1-2H3,(H,22,25). The molecule has 28 heavy (non-hydrogen) atoms. The quantitative estimate of drug-likeness (QED) is 0.662. The van der Waals surface area contributed by atoms with Crippen LogP contribution in [0.1, 0.15) is 11.3 Å². The number of amides is 1. The Labute approximate surface area is 167 Å². The third-order valence-corrected chi connectivity index (χ3v) is 5.25. The minimum absolute atomic E-state index is 0.0897. The summed E-state index contributed by atoms with van der Waals surface area (Å²) >= 11 is 1.45. The second kappa shape index (κ2) is 7.98. The van der Waals surface area contributed by atoms with Gasteiger partial charge in [-0.3, -0.25) is 4.79 Å². The Morgan fingerprint density at radius 1 is 1.07 bits per heavy atom. The van der Waals surface area contributed by atoms with Crippen molar-refractivity contribution in [2.45, 2.75) is 18.7 Å². The first-order valence-electron chi connectivity index (χ1n) is 9.04. The number of hydrogen-bond donors (Lipinski definition) is 1. The van der Waals surface area contributed by atoms with E-state index in [1.165, 1.54) is 17.3 Å². The van der Waals surface area contributed by atoms with E-state index < -0.39 is 0 Å². The maximum Gasteiger partial charge on any atom is 0.235 e. The molecular formula is C21H21N3O3S. The van der Waals surface area contributed by atoms with Gasteiger partial charge in [-0.1, -0.05) is 17.7 Å². The Balaban J connectivity index is 1.42. The van der Waals surface area contributed by atoms with Crippen LogP contribution in [-0.4, -0.2) is 34.7 Å². The van der Waals surface area contributed by atoms with Crippen LogP contribution in [0.4, 0.5) is 5.82 Å². The molecule has 7 heteroatoms. The predicted molar refractivity (Wildman–Crippen MR) is 110 cm³/mol. The molecule has 144 valence electrons. The van der Waals surface area contributed by atoms with Gasteiger partial charge in [-0.25, -0.2) is 4.68 Å². The third-order valence-electron chi connectivity index (χ3n) is 4.26. The predicted octanol–water partition coefficient (Wildman–Crippen LogP) is 3.99. The summed E-state index contributed by atoms with van der Waals surface area (Å²) in [5.74, 6) is 2.34. The van der Waals surface area contributed by atoms with Crippen LogP contribution < -0.4 is 14.8 Å². The minimum Gasteiger partial charge on any atom is -0.486 e. The van der Waals surface area contributed by atoms with Gasteiger partial charge in [-0.05, 0) is 44.2 Å². The molecular weight excluding hydrogens is 374 g/mol. The number of hydrogen-bond acceptors (Lipinski definition) is 5. The fraction of sp³-hybridized carbons (Fsp3) is 0.238. The Hall–Kier alpha value is -2.93. The lowest BCUT2D eigenvalue weighted by molar-refractivity contribution is -0.113. The average molecular weight is 395 g/mol. The fourth-order valence-corrected chi connectivity index (χ4v) is 3.64. The molecule has 0 fully saturated rings. The van der Waals surface area contributed by atoms with Crippen LogP contribution in [0.2, 0.25) is 0 Å². The summed E-state index contributed by atoms with van der Waals surface area (Å²) in [6.45, 7) is 5.06. The minimum atomic E-state index is -0.0897. The number of benzene rings is 2. The highest BCUT2D eigenvalue weighted by atomic mass is 32.2. The summed E-state index contributed by atoms with van der Waals surface area (Å²) in [5.41, 5.74) is 2.93. The largest absolute Gasteiger partial charge is 0.486 e. The number of carbonyl (C=O) groups excluding carboxylic acids is 1. The molecule has 0 unspecified atom stereocenters. The van der Waals surface area contributed by atoms with Crippen LogP contribution in [0.3, 0.4) is 0 Å². The number of ether oxygens (including phenoxy) is 2. The number of aromatic nitrogens is 2. The van der Waals surface area contributed by atoms with Gasteiger partial charge in [0.15, 0.2) is 11.5 Å². The summed E-state index contributed by atoms with van der Waals surface area (Å²) in [4.78, 5) is 13.5. The molecule has 0 radical (unpaired) electrons. The Kier molecular flexibility index (Phi) is 5.25. The van der Waals surface area contributed by atoms with E-state index >= 15 is 0 Å². The number of anilines is 1. The zero-order valence-corrected chi connectivity index (χ0v) is 16.6. The van der Waals surface area contributed by atoms with E-state index in [-0.39, 0.29) is 11.7 Å². The first-order valence-corrected chi connectivity index (χ1v) is 10.0. The van der Waals surface area contributed by atoms with E-state index in [9.17, 15) is 4.79 Å². The summed E-state index contributed by atoms with van der Waals surface area (Å²) in [6.07, 6.45) is 0. The van der Waals surface area contributed by atoms with Crippen LogP contribution in [0.15, 0.2) is 53.4 Å². The lowest BCUT2D eigenvalue weighted by Crippen LogP contribution is -2.17. The monoisotopic (exact) mass is 395 g/mol. The van der Waals surface area contributed by atoms with Gasteiger partial charge in [0.2, 0.25) is 5.91 Å². The summed E-state index contributed by atoms with van der Waals surface area (Å²) in [5, 5.41) is 7.46. The molecule has 1 aromatic heterocycles. The molecule has 6 nitrogen and oxygen atoms in total. The maximum atomic E-state index is 12.5. The number of nitrogens with zero attached hydrogens (tertiary/aromatic N) is 2. The van der Waals surface area contributed by atoms with Gasteiger partial charge in [0, 0.05) is 11.0 Å². The molecule has 1 amide bonds. The lowest BCUT2D eigenvalue weighted by atomic mass is 10.2. The molecule has 0 saturated carbocycles. The normalized spacial score (nSPS) is 12.6. The molecule has 1 aliphatic rings.